The SMILES string of the molecule is COc1c(C)cc(C)cc1NCC(C)(C)N. The van der Waals surface area contributed by atoms with E-state index in [0.29, 0.717) is 6.54 Å². The highest BCUT2D eigenvalue weighted by Crippen LogP contribution is 2.29. The molecule has 1 aromatic carbocycles. The largest absolute Gasteiger partial charge is 0.494 e. The van der Waals surface area contributed by atoms with Gasteiger partial charge in [0.15, 0.2) is 0 Å². The lowest BCUT2D eigenvalue weighted by Crippen LogP contribution is -2.39. The summed E-state index contributed by atoms with van der Waals surface area (Å²) in [6.45, 7) is 8.83. The minimum absolute atomic E-state index is 0.233. The van der Waals surface area contributed by atoms with E-state index in [1.54, 1.807) is 7.11 Å². The average molecular weight is 222 g/mol. The first-order chi connectivity index (χ1) is 7.33. The highest BCUT2D eigenvalue weighted by atomic mass is 16.5. The first kappa shape index (κ1) is 12.8. The molecule has 0 unspecified atom stereocenters. The fraction of sp³-hybridized carbons (Fsp3) is 0.538. The van der Waals surface area contributed by atoms with E-state index in [2.05, 4.69) is 24.4 Å². The Morgan fingerprint density at radius 3 is 2.44 bits per heavy atom. The van der Waals surface area contributed by atoms with Gasteiger partial charge in [-0.15, -0.1) is 0 Å². The highest BCUT2D eigenvalue weighted by molar-refractivity contribution is 5.61. The van der Waals surface area contributed by atoms with Gasteiger partial charge in [-0.3, -0.25) is 0 Å². The van der Waals surface area contributed by atoms with E-state index in [1.807, 2.05) is 20.8 Å². The molecule has 3 nitrogen and oxygen atoms in total. The molecule has 3 N–H and O–H groups in total. The molecule has 0 aliphatic rings. The Morgan fingerprint density at radius 1 is 1.31 bits per heavy atom. The summed E-state index contributed by atoms with van der Waals surface area (Å²) >= 11 is 0. The summed E-state index contributed by atoms with van der Waals surface area (Å²) in [4.78, 5) is 0. The minimum Gasteiger partial charge on any atom is -0.494 e. The number of benzene rings is 1. The normalized spacial score (nSPS) is 11.4. The Balaban J connectivity index is 2.94. The molecule has 1 rings (SSSR count). The minimum atomic E-state index is -0.233. The van der Waals surface area contributed by atoms with E-state index >= 15 is 0 Å². The fourth-order valence-electron chi connectivity index (χ4n) is 1.68. The third-order valence-corrected chi connectivity index (χ3v) is 2.36. The average Bonchev–Trinajstić information content (AvgIpc) is 2.12. The summed E-state index contributed by atoms with van der Waals surface area (Å²) in [6, 6.07) is 4.19. The zero-order chi connectivity index (χ0) is 12.3. The maximum absolute atomic E-state index is 5.95. The van der Waals surface area contributed by atoms with Crippen molar-refractivity contribution in [3.63, 3.8) is 0 Å². The molecule has 1 aromatic rings. The van der Waals surface area contributed by atoms with Crippen molar-refractivity contribution in [1.82, 2.24) is 0 Å². The Hall–Kier alpha value is -1.22. The number of rotatable bonds is 4. The van der Waals surface area contributed by atoms with Crippen LogP contribution in [0.3, 0.4) is 0 Å². The molecule has 0 fully saturated rings. The van der Waals surface area contributed by atoms with Gasteiger partial charge in [0.05, 0.1) is 12.8 Å². The van der Waals surface area contributed by atoms with Crippen LogP contribution in [0.1, 0.15) is 25.0 Å². The molecule has 0 atom stereocenters. The van der Waals surface area contributed by atoms with Crippen molar-refractivity contribution in [2.45, 2.75) is 33.2 Å². The van der Waals surface area contributed by atoms with Crippen LogP contribution in [0.4, 0.5) is 5.69 Å². The Bertz CT molecular complexity index is 367. The van der Waals surface area contributed by atoms with Crippen LogP contribution in [-0.2, 0) is 0 Å². The quantitative estimate of drug-likeness (QED) is 0.822. The van der Waals surface area contributed by atoms with Gasteiger partial charge in [-0.25, -0.2) is 0 Å². The van der Waals surface area contributed by atoms with Gasteiger partial charge in [0.25, 0.3) is 0 Å². The summed E-state index contributed by atoms with van der Waals surface area (Å²) in [6.07, 6.45) is 0. The van der Waals surface area contributed by atoms with E-state index in [0.717, 1.165) is 17.0 Å². The predicted molar refractivity (Wildman–Crippen MR) is 69.2 cm³/mol. The van der Waals surface area contributed by atoms with Crippen molar-refractivity contribution in [3.05, 3.63) is 23.3 Å². The van der Waals surface area contributed by atoms with Crippen molar-refractivity contribution in [2.24, 2.45) is 5.73 Å². The second kappa shape index (κ2) is 4.74. The number of anilines is 1. The zero-order valence-electron chi connectivity index (χ0n) is 10.8. The van der Waals surface area contributed by atoms with Gasteiger partial charge in [-0.2, -0.15) is 0 Å². The van der Waals surface area contributed by atoms with Crippen LogP contribution in [-0.4, -0.2) is 19.2 Å². The predicted octanol–water partition coefficient (Wildman–Crippen LogP) is 2.46. The molecule has 0 amide bonds. The number of aryl methyl sites for hydroxylation is 2. The van der Waals surface area contributed by atoms with Gasteiger partial charge < -0.3 is 15.8 Å². The molecule has 0 spiro atoms. The van der Waals surface area contributed by atoms with Crippen LogP contribution in [0, 0.1) is 13.8 Å². The number of nitrogens with one attached hydrogen (secondary N) is 1. The molecule has 0 aromatic heterocycles. The monoisotopic (exact) mass is 222 g/mol. The van der Waals surface area contributed by atoms with Gasteiger partial charge in [0, 0.05) is 12.1 Å². The van der Waals surface area contributed by atoms with Crippen molar-refractivity contribution >= 4 is 5.69 Å². The Kier molecular flexibility index (Phi) is 3.81. The molecule has 0 aliphatic carbocycles. The molecule has 0 saturated heterocycles. The van der Waals surface area contributed by atoms with Crippen molar-refractivity contribution in [3.8, 4) is 5.75 Å². The van der Waals surface area contributed by atoms with Crippen LogP contribution in [0.15, 0.2) is 12.1 Å². The number of nitrogens with two attached hydrogens (primary N) is 1. The summed E-state index contributed by atoms with van der Waals surface area (Å²) in [7, 11) is 1.69. The van der Waals surface area contributed by atoms with E-state index in [9.17, 15) is 0 Å². The maximum Gasteiger partial charge on any atom is 0.144 e. The van der Waals surface area contributed by atoms with Gasteiger partial charge in [-0.05, 0) is 44.9 Å². The van der Waals surface area contributed by atoms with Crippen LogP contribution in [0.25, 0.3) is 0 Å². The molecule has 0 saturated carbocycles. The zero-order valence-corrected chi connectivity index (χ0v) is 10.8. The Labute approximate surface area is 98.0 Å². The van der Waals surface area contributed by atoms with Crippen LogP contribution >= 0.6 is 0 Å². The van der Waals surface area contributed by atoms with Gasteiger partial charge >= 0.3 is 0 Å². The van der Waals surface area contributed by atoms with Crippen molar-refractivity contribution in [1.29, 1.82) is 0 Å². The second-order valence-corrected chi connectivity index (χ2v) is 5.00. The smallest absolute Gasteiger partial charge is 0.144 e. The standard InChI is InChI=1S/C13H22N2O/c1-9-6-10(2)12(16-5)11(7-9)15-8-13(3,4)14/h6-7,15H,8,14H2,1-5H3. The Morgan fingerprint density at radius 2 is 1.94 bits per heavy atom. The molecular weight excluding hydrogens is 200 g/mol. The van der Waals surface area contributed by atoms with E-state index in [-0.39, 0.29) is 5.54 Å². The lowest BCUT2D eigenvalue weighted by Gasteiger charge is -2.22. The van der Waals surface area contributed by atoms with Gasteiger partial charge in [0.2, 0.25) is 0 Å². The molecule has 0 heterocycles. The first-order valence-electron chi connectivity index (χ1n) is 5.51. The summed E-state index contributed by atoms with van der Waals surface area (Å²) in [5, 5.41) is 3.34. The van der Waals surface area contributed by atoms with Gasteiger partial charge in [-0.1, -0.05) is 6.07 Å². The molecule has 16 heavy (non-hydrogen) atoms. The fourth-order valence-corrected chi connectivity index (χ4v) is 1.68. The topological polar surface area (TPSA) is 47.3 Å². The van der Waals surface area contributed by atoms with Crippen molar-refractivity contribution in [2.75, 3.05) is 19.0 Å². The third-order valence-electron chi connectivity index (χ3n) is 2.36. The lowest BCUT2D eigenvalue weighted by molar-refractivity contribution is 0.412. The van der Waals surface area contributed by atoms with E-state index in [1.165, 1.54) is 5.56 Å². The number of ether oxygens (including phenoxy) is 1. The molecule has 0 radical (unpaired) electrons. The molecule has 3 heteroatoms. The molecular formula is C13H22N2O. The first-order valence-corrected chi connectivity index (χ1v) is 5.51. The maximum atomic E-state index is 5.95. The highest BCUT2D eigenvalue weighted by Gasteiger charge is 2.13. The third kappa shape index (κ3) is 3.42. The van der Waals surface area contributed by atoms with Gasteiger partial charge in [0.1, 0.15) is 5.75 Å². The van der Waals surface area contributed by atoms with E-state index < -0.39 is 0 Å². The number of methoxy groups -OCH3 is 1. The second-order valence-electron chi connectivity index (χ2n) is 5.00. The van der Waals surface area contributed by atoms with E-state index in [4.69, 9.17) is 10.5 Å². The summed E-state index contributed by atoms with van der Waals surface area (Å²) in [5.41, 5.74) is 9.08. The molecule has 0 aliphatic heterocycles. The van der Waals surface area contributed by atoms with Crippen LogP contribution in [0.5, 0.6) is 5.75 Å². The summed E-state index contributed by atoms with van der Waals surface area (Å²) in [5.74, 6) is 0.898. The van der Waals surface area contributed by atoms with Crippen LogP contribution < -0.4 is 15.8 Å². The lowest BCUT2D eigenvalue weighted by atomic mass is 10.1. The van der Waals surface area contributed by atoms with Crippen molar-refractivity contribution < 1.29 is 4.74 Å². The van der Waals surface area contributed by atoms with Crippen LogP contribution in [0.2, 0.25) is 0 Å². The number of hydrogen-bond donors (Lipinski definition) is 2. The molecule has 0 bridgehead atoms. The number of hydrogen-bond acceptors (Lipinski definition) is 3. The summed E-state index contributed by atoms with van der Waals surface area (Å²) < 4.78 is 5.39. The molecule has 90 valence electrons.